The van der Waals surface area contributed by atoms with Crippen LogP contribution in [0.1, 0.15) is 32.0 Å². The largest absolute Gasteiger partial charge is 0.467 e. The van der Waals surface area contributed by atoms with Crippen molar-refractivity contribution in [3.8, 4) is 0 Å². The molecule has 2 aromatic rings. The van der Waals surface area contributed by atoms with Crippen molar-refractivity contribution in [2.75, 3.05) is 5.32 Å². The van der Waals surface area contributed by atoms with Crippen LogP contribution in [0.4, 0.5) is 5.69 Å². The number of benzene rings is 1. The summed E-state index contributed by atoms with van der Waals surface area (Å²) in [4.78, 5) is 22.5. The van der Waals surface area contributed by atoms with Gasteiger partial charge in [-0.25, -0.2) is 0 Å². The number of primary amides is 2. The van der Waals surface area contributed by atoms with E-state index in [1.54, 1.807) is 18.4 Å². The predicted octanol–water partition coefficient (Wildman–Crippen LogP) is 1.40. The fraction of sp³-hybridized carbons (Fsp3) is 0.143. The average molecular weight is 273 g/mol. The molecule has 1 aromatic carbocycles. The molecule has 2 amide bonds. The Morgan fingerprint density at radius 3 is 2.20 bits per heavy atom. The summed E-state index contributed by atoms with van der Waals surface area (Å²) in [5, 5.41) is 3.07. The van der Waals surface area contributed by atoms with Crippen LogP contribution in [0.25, 0.3) is 0 Å². The third kappa shape index (κ3) is 2.97. The van der Waals surface area contributed by atoms with Gasteiger partial charge in [-0.1, -0.05) is 0 Å². The monoisotopic (exact) mass is 273 g/mol. The van der Waals surface area contributed by atoms with E-state index in [9.17, 15) is 9.59 Å². The zero-order chi connectivity index (χ0) is 14.7. The Balaban J connectivity index is 2.24. The van der Waals surface area contributed by atoms with E-state index in [1.165, 1.54) is 6.07 Å². The molecule has 0 aliphatic carbocycles. The Kier molecular flexibility index (Phi) is 3.74. The first-order valence-corrected chi connectivity index (χ1v) is 5.99. The van der Waals surface area contributed by atoms with E-state index < -0.39 is 11.8 Å². The summed E-state index contributed by atoms with van der Waals surface area (Å²) < 4.78 is 5.30. The lowest BCUT2D eigenvalue weighted by atomic mass is 10.1. The van der Waals surface area contributed by atoms with E-state index in [-0.39, 0.29) is 11.1 Å². The van der Waals surface area contributed by atoms with Gasteiger partial charge in [-0.05, 0) is 36.8 Å². The van der Waals surface area contributed by atoms with Crippen molar-refractivity contribution in [1.82, 2.24) is 0 Å². The fourth-order valence-corrected chi connectivity index (χ4v) is 1.78. The number of carbonyl (C=O) groups excluding carboxylic acids is 2. The highest BCUT2D eigenvalue weighted by molar-refractivity contribution is 5.99. The smallest absolute Gasteiger partial charge is 0.248 e. The molecular formula is C14H15N3O3. The van der Waals surface area contributed by atoms with Crippen LogP contribution in [0.3, 0.4) is 0 Å². The van der Waals surface area contributed by atoms with Gasteiger partial charge in [0.15, 0.2) is 0 Å². The summed E-state index contributed by atoms with van der Waals surface area (Å²) in [6, 6.07) is 6.35. The lowest BCUT2D eigenvalue weighted by Crippen LogP contribution is -2.16. The van der Waals surface area contributed by atoms with Crippen molar-refractivity contribution >= 4 is 17.5 Å². The van der Waals surface area contributed by atoms with Crippen molar-refractivity contribution in [2.45, 2.75) is 13.5 Å². The number of carbonyl (C=O) groups is 2. The highest BCUT2D eigenvalue weighted by atomic mass is 16.3. The molecule has 0 saturated heterocycles. The lowest BCUT2D eigenvalue weighted by molar-refractivity contribution is 0.0999. The molecule has 0 radical (unpaired) electrons. The number of anilines is 1. The van der Waals surface area contributed by atoms with Gasteiger partial charge in [0, 0.05) is 16.8 Å². The molecule has 0 unspecified atom stereocenters. The van der Waals surface area contributed by atoms with E-state index in [2.05, 4.69) is 5.32 Å². The van der Waals surface area contributed by atoms with Gasteiger partial charge in [0.25, 0.3) is 0 Å². The molecule has 6 nitrogen and oxygen atoms in total. The molecule has 0 spiro atoms. The van der Waals surface area contributed by atoms with E-state index in [0.717, 1.165) is 11.3 Å². The van der Waals surface area contributed by atoms with E-state index in [0.29, 0.717) is 12.2 Å². The second-order valence-electron chi connectivity index (χ2n) is 4.41. The van der Waals surface area contributed by atoms with E-state index >= 15 is 0 Å². The Bertz CT molecular complexity index is 629. The zero-order valence-electron chi connectivity index (χ0n) is 11.0. The van der Waals surface area contributed by atoms with Crippen molar-refractivity contribution < 1.29 is 14.0 Å². The summed E-state index contributed by atoms with van der Waals surface area (Å²) in [7, 11) is 0. The number of furan rings is 1. The molecule has 1 aromatic heterocycles. The van der Waals surface area contributed by atoms with Crippen molar-refractivity contribution in [3.63, 3.8) is 0 Å². The Morgan fingerprint density at radius 2 is 1.75 bits per heavy atom. The van der Waals surface area contributed by atoms with Gasteiger partial charge in [-0.2, -0.15) is 0 Å². The zero-order valence-corrected chi connectivity index (χ0v) is 11.0. The minimum absolute atomic E-state index is 0.222. The first-order valence-electron chi connectivity index (χ1n) is 5.99. The standard InChI is InChI=1S/C14H15N3O3/c1-8-2-3-20-12(8)7-17-11-5-9(13(15)18)4-10(6-11)14(16)19/h2-6,17H,7H2,1H3,(H2,15,18)(H2,16,19). The number of nitrogens with two attached hydrogens (primary N) is 2. The molecule has 0 saturated carbocycles. The summed E-state index contributed by atoms with van der Waals surface area (Å²) in [5.74, 6) is -0.467. The third-order valence-electron chi connectivity index (χ3n) is 2.92. The first kappa shape index (κ1) is 13.7. The van der Waals surface area contributed by atoms with Crippen LogP contribution < -0.4 is 16.8 Å². The number of hydrogen-bond acceptors (Lipinski definition) is 4. The molecule has 104 valence electrons. The Morgan fingerprint density at radius 1 is 1.15 bits per heavy atom. The number of amides is 2. The summed E-state index contributed by atoms with van der Waals surface area (Å²) in [6.07, 6.45) is 1.60. The van der Waals surface area contributed by atoms with Crippen molar-refractivity contribution in [1.29, 1.82) is 0 Å². The number of rotatable bonds is 5. The minimum Gasteiger partial charge on any atom is -0.467 e. The van der Waals surface area contributed by atoms with Gasteiger partial charge >= 0.3 is 0 Å². The van der Waals surface area contributed by atoms with Gasteiger partial charge < -0.3 is 21.2 Å². The van der Waals surface area contributed by atoms with Gasteiger partial charge in [0.2, 0.25) is 11.8 Å². The fourth-order valence-electron chi connectivity index (χ4n) is 1.78. The second-order valence-corrected chi connectivity index (χ2v) is 4.41. The summed E-state index contributed by atoms with van der Waals surface area (Å²) in [6.45, 7) is 2.36. The molecule has 2 rings (SSSR count). The highest BCUT2D eigenvalue weighted by Crippen LogP contribution is 2.17. The molecule has 1 heterocycles. The molecule has 0 aliphatic heterocycles. The maximum absolute atomic E-state index is 11.2. The van der Waals surface area contributed by atoms with Crippen LogP contribution in [0.5, 0.6) is 0 Å². The maximum atomic E-state index is 11.2. The maximum Gasteiger partial charge on any atom is 0.248 e. The summed E-state index contributed by atoms with van der Waals surface area (Å²) >= 11 is 0. The molecule has 0 fully saturated rings. The predicted molar refractivity (Wildman–Crippen MR) is 74.2 cm³/mol. The summed E-state index contributed by atoms with van der Waals surface area (Å²) in [5.41, 5.74) is 12.5. The van der Waals surface area contributed by atoms with E-state index in [1.807, 2.05) is 13.0 Å². The van der Waals surface area contributed by atoms with Crippen LogP contribution in [0.15, 0.2) is 34.9 Å². The number of hydrogen-bond donors (Lipinski definition) is 3. The normalized spacial score (nSPS) is 10.2. The van der Waals surface area contributed by atoms with Crippen LogP contribution in [-0.4, -0.2) is 11.8 Å². The first-order chi connectivity index (χ1) is 9.47. The molecule has 6 heteroatoms. The van der Waals surface area contributed by atoms with Gasteiger partial charge in [0.05, 0.1) is 12.8 Å². The van der Waals surface area contributed by atoms with Gasteiger partial charge in [-0.3, -0.25) is 9.59 Å². The molecular weight excluding hydrogens is 258 g/mol. The van der Waals surface area contributed by atoms with Gasteiger partial charge in [0.1, 0.15) is 5.76 Å². The SMILES string of the molecule is Cc1ccoc1CNc1cc(C(N)=O)cc(C(N)=O)c1. The minimum atomic E-state index is -0.620. The lowest BCUT2D eigenvalue weighted by Gasteiger charge is -2.08. The van der Waals surface area contributed by atoms with Crippen LogP contribution >= 0.6 is 0 Å². The van der Waals surface area contributed by atoms with Gasteiger partial charge in [-0.15, -0.1) is 0 Å². The van der Waals surface area contributed by atoms with E-state index in [4.69, 9.17) is 15.9 Å². The topological polar surface area (TPSA) is 111 Å². The third-order valence-corrected chi connectivity index (χ3v) is 2.92. The number of nitrogens with one attached hydrogen (secondary N) is 1. The van der Waals surface area contributed by atoms with Crippen LogP contribution in [0, 0.1) is 6.92 Å². The molecule has 5 N–H and O–H groups in total. The number of aryl methyl sites for hydroxylation is 1. The quantitative estimate of drug-likeness (QED) is 0.764. The van der Waals surface area contributed by atoms with Crippen molar-refractivity contribution in [2.24, 2.45) is 11.5 Å². The molecule has 0 bridgehead atoms. The van der Waals surface area contributed by atoms with Crippen LogP contribution in [-0.2, 0) is 6.54 Å². The molecule has 20 heavy (non-hydrogen) atoms. The molecule has 0 aliphatic rings. The van der Waals surface area contributed by atoms with Crippen LogP contribution in [0.2, 0.25) is 0 Å². The molecule has 0 atom stereocenters. The second kappa shape index (κ2) is 5.48. The average Bonchev–Trinajstić information content (AvgIpc) is 2.81. The Hall–Kier alpha value is -2.76. The Labute approximate surface area is 115 Å². The van der Waals surface area contributed by atoms with Crippen molar-refractivity contribution in [3.05, 3.63) is 53.0 Å². The highest BCUT2D eigenvalue weighted by Gasteiger charge is 2.09.